The number of amides is 2. The number of imidazole rings is 1. The third-order valence-electron chi connectivity index (χ3n) is 7.56. The summed E-state index contributed by atoms with van der Waals surface area (Å²) < 4.78 is 26.8. The summed E-state index contributed by atoms with van der Waals surface area (Å²) in [4.78, 5) is 39.5. The maximum atomic E-state index is 13.9. The van der Waals surface area contributed by atoms with Crippen LogP contribution in [0.1, 0.15) is 60.3 Å². The molecule has 1 N–H and O–H groups in total. The first-order chi connectivity index (χ1) is 20.5. The fourth-order valence-corrected chi connectivity index (χ4v) is 5.68. The molecule has 0 radical (unpaired) electrons. The Labute approximate surface area is 249 Å². The molecule has 224 valence electrons. The lowest BCUT2D eigenvalue weighted by Crippen LogP contribution is -2.37. The molecule has 1 atom stereocenters. The molecule has 0 aliphatic carbocycles. The van der Waals surface area contributed by atoms with Crippen LogP contribution in [0.25, 0.3) is 16.9 Å². The number of imide groups is 1. The minimum Gasteiger partial charge on any atom is -0.443 e. The van der Waals surface area contributed by atoms with E-state index in [-0.39, 0.29) is 6.54 Å². The summed E-state index contributed by atoms with van der Waals surface area (Å²) in [5.74, 6) is 0.0150. The molecule has 0 spiro atoms. The molecule has 4 aromatic rings. The molecule has 0 saturated carbocycles. The highest BCUT2D eigenvalue weighted by molar-refractivity contribution is 6.11. The maximum Gasteiger partial charge on any atom is 0.417 e. The number of nitrogens with zero attached hydrogens (tertiary/aromatic N) is 5. The lowest BCUT2D eigenvalue weighted by Gasteiger charge is -2.23. The van der Waals surface area contributed by atoms with Gasteiger partial charge in [-0.15, -0.1) is 0 Å². The van der Waals surface area contributed by atoms with E-state index in [4.69, 9.17) is 14.5 Å². The van der Waals surface area contributed by atoms with Crippen molar-refractivity contribution in [2.75, 3.05) is 32.6 Å². The third-order valence-corrected chi connectivity index (χ3v) is 7.56. The van der Waals surface area contributed by atoms with E-state index in [0.29, 0.717) is 58.6 Å². The SMILES string of the molecule is CN(C)Cc1nc(Nc2ccc(-c3cnc4cc(F)ccn34)c3c2C(=O)N(C(=O)OC(C)(C)C)C3)ccc1[C@H]1CCOC1. The van der Waals surface area contributed by atoms with Gasteiger partial charge in [-0.3, -0.25) is 9.20 Å². The van der Waals surface area contributed by atoms with E-state index in [9.17, 15) is 14.0 Å². The number of hydrogen-bond acceptors (Lipinski definition) is 8. The van der Waals surface area contributed by atoms with E-state index < -0.39 is 23.4 Å². The highest BCUT2D eigenvalue weighted by atomic mass is 19.1. The Hall–Kier alpha value is -4.35. The van der Waals surface area contributed by atoms with Crippen LogP contribution >= 0.6 is 0 Å². The first kappa shape index (κ1) is 28.8. The first-order valence-electron chi connectivity index (χ1n) is 14.3. The molecule has 43 heavy (non-hydrogen) atoms. The predicted molar refractivity (Wildman–Crippen MR) is 160 cm³/mol. The smallest absolute Gasteiger partial charge is 0.417 e. The highest BCUT2D eigenvalue weighted by Gasteiger charge is 2.39. The predicted octanol–water partition coefficient (Wildman–Crippen LogP) is 5.74. The third kappa shape index (κ3) is 5.70. The van der Waals surface area contributed by atoms with Crippen molar-refractivity contribution in [3.63, 3.8) is 0 Å². The summed E-state index contributed by atoms with van der Waals surface area (Å²) in [6, 6.07) is 10.4. The second-order valence-corrected chi connectivity index (χ2v) is 12.3. The number of pyridine rings is 2. The summed E-state index contributed by atoms with van der Waals surface area (Å²) in [6.45, 7) is 7.35. The van der Waals surface area contributed by atoms with Crippen LogP contribution in [0, 0.1) is 5.82 Å². The quantitative estimate of drug-likeness (QED) is 0.306. The molecular weight excluding hydrogens is 551 g/mol. The molecule has 2 aliphatic rings. The molecule has 11 heteroatoms. The zero-order valence-electron chi connectivity index (χ0n) is 25.0. The Morgan fingerprint density at radius 2 is 2.02 bits per heavy atom. The second kappa shape index (κ2) is 11.1. The molecule has 2 amide bonds. The van der Waals surface area contributed by atoms with Gasteiger partial charge in [-0.1, -0.05) is 12.1 Å². The molecule has 0 bridgehead atoms. The molecule has 10 nitrogen and oxygen atoms in total. The number of carbonyl (C=O) groups is 2. The van der Waals surface area contributed by atoms with Crippen LogP contribution in [0.4, 0.5) is 20.7 Å². The standard InChI is InChI=1S/C32H35FN6O4/c1-32(2,3)43-31(41)39-16-23-22(26-15-34-28-14-20(33)10-12-38(26)28)6-8-24(29(23)30(39)40)35-27-9-7-21(19-11-13-42-18-19)25(36-27)17-37(4)5/h6-10,12,14-15,19H,11,13,16-18H2,1-5H3,(H,35,36)/t19-/m0/s1. The van der Waals surface area contributed by atoms with Crippen LogP contribution in [0.15, 0.2) is 48.8 Å². The van der Waals surface area contributed by atoms with Crippen molar-refractivity contribution in [2.45, 2.75) is 51.8 Å². The largest absolute Gasteiger partial charge is 0.443 e. The Kier molecular flexibility index (Phi) is 7.39. The number of rotatable bonds is 6. The van der Waals surface area contributed by atoms with Crippen molar-refractivity contribution in [1.82, 2.24) is 24.2 Å². The van der Waals surface area contributed by atoms with Gasteiger partial charge >= 0.3 is 6.09 Å². The van der Waals surface area contributed by atoms with Crippen LogP contribution in [0.2, 0.25) is 0 Å². The van der Waals surface area contributed by atoms with E-state index >= 15 is 0 Å². The first-order valence-corrected chi connectivity index (χ1v) is 14.3. The van der Waals surface area contributed by atoms with E-state index in [2.05, 4.69) is 21.3 Å². The summed E-state index contributed by atoms with van der Waals surface area (Å²) in [7, 11) is 4.00. The van der Waals surface area contributed by atoms with Crippen molar-refractivity contribution in [3.8, 4) is 11.3 Å². The fourth-order valence-electron chi connectivity index (χ4n) is 5.68. The Balaban J connectivity index is 1.42. The zero-order chi connectivity index (χ0) is 30.5. The lowest BCUT2D eigenvalue weighted by molar-refractivity contribution is 0.0248. The van der Waals surface area contributed by atoms with Gasteiger partial charge in [0.2, 0.25) is 0 Å². The highest BCUT2D eigenvalue weighted by Crippen LogP contribution is 2.39. The number of anilines is 2. The van der Waals surface area contributed by atoms with Crippen LogP contribution in [0.5, 0.6) is 0 Å². The molecule has 0 unspecified atom stereocenters. The summed E-state index contributed by atoms with van der Waals surface area (Å²) >= 11 is 0. The molecule has 1 aromatic carbocycles. The second-order valence-electron chi connectivity index (χ2n) is 12.3. The maximum absolute atomic E-state index is 13.9. The summed E-state index contributed by atoms with van der Waals surface area (Å²) in [6.07, 6.45) is 3.47. The van der Waals surface area contributed by atoms with Gasteiger partial charge in [0.15, 0.2) is 0 Å². The van der Waals surface area contributed by atoms with Gasteiger partial charge in [0.05, 0.1) is 42.0 Å². The zero-order valence-corrected chi connectivity index (χ0v) is 25.0. The average molecular weight is 587 g/mol. The van der Waals surface area contributed by atoms with Crippen LogP contribution in [-0.2, 0) is 22.6 Å². The average Bonchev–Trinajstić information content (AvgIpc) is 3.67. The number of halogens is 1. The summed E-state index contributed by atoms with van der Waals surface area (Å²) in [5.41, 5.74) is 4.65. The lowest BCUT2D eigenvalue weighted by atomic mass is 9.96. The van der Waals surface area contributed by atoms with Gasteiger partial charge in [0.25, 0.3) is 5.91 Å². The fraction of sp³-hybridized carbons (Fsp3) is 0.375. The van der Waals surface area contributed by atoms with Crippen LogP contribution < -0.4 is 5.32 Å². The Morgan fingerprint density at radius 3 is 2.74 bits per heavy atom. The monoisotopic (exact) mass is 586 g/mol. The minimum atomic E-state index is -0.777. The number of aromatic nitrogens is 3. The van der Waals surface area contributed by atoms with Crippen molar-refractivity contribution in [3.05, 3.63) is 77.0 Å². The van der Waals surface area contributed by atoms with E-state index in [1.165, 1.54) is 12.1 Å². The number of carbonyl (C=O) groups excluding carboxylic acids is 2. The van der Waals surface area contributed by atoms with Gasteiger partial charge in [-0.25, -0.2) is 24.1 Å². The summed E-state index contributed by atoms with van der Waals surface area (Å²) in [5, 5.41) is 3.36. The normalized spacial score (nSPS) is 16.8. The number of fused-ring (bicyclic) bond motifs is 2. The number of hydrogen-bond donors (Lipinski definition) is 1. The van der Waals surface area contributed by atoms with Gasteiger partial charge < -0.3 is 19.7 Å². The van der Waals surface area contributed by atoms with Gasteiger partial charge in [-0.05, 0) is 70.6 Å². The van der Waals surface area contributed by atoms with Crippen molar-refractivity contribution in [1.29, 1.82) is 0 Å². The number of nitrogens with one attached hydrogen (secondary N) is 1. The molecule has 6 rings (SSSR count). The molecule has 2 aliphatic heterocycles. The van der Waals surface area contributed by atoms with Crippen LogP contribution in [-0.4, -0.2) is 69.1 Å². The van der Waals surface area contributed by atoms with Gasteiger partial charge in [0, 0.05) is 36.9 Å². The number of ether oxygens (including phenoxy) is 2. The molecule has 1 fully saturated rings. The molecule has 5 heterocycles. The molecule has 3 aromatic heterocycles. The van der Waals surface area contributed by atoms with Gasteiger partial charge in [0.1, 0.15) is 22.9 Å². The van der Waals surface area contributed by atoms with Gasteiger partial charge in [-0.2, -0.15) is 0 Å². The van der Waals surface area contributed by atoms with Crippen molar-refractivity contribution in [2.24, 2.45) is 0 Å². The molecular formula is C32H35FN6O4. The Morgan fingerprint density at radius 1 is 1.21 bits per heavy atom. The van der Waals surface area contributed by atoms with E-state index in [1.807, 2.05) is 26.2 Å². The number of benzene rings is 1. The molecule has 1 saturated heterocycles. The van der Waals surface area contributed by atoms with Crippen molar-refractivity contribution >= 4 is 29.2 Å². The van der Waals surface area contributed by atoms with E-state index in [1.54, 1.807) is 43.6 Å². The topological polar surface area (TPSA) is 101 Å². The van der Waals surface area contributed by atoms with Crippen molar-refractivity contribution < 1.29 is 23.5 Å². The minimum absolute atomic E-state index is 0.0162. The Bertz CT molecular complexity index is 1720. The van der Waals surface area contributed by atoms with Crippen LogP contribution in [0.3, 0.4) is 0 Å². The van der Waals surface area contributed by atoms with E-state index in [0.717, 1.165) is 29.2 Å².